The Labute approximate surface area is 115 Å². The molecule has 0 aliphatic heterocycles. The highest BCUT2D eigenvalue weighted by Crippen LogP contribution is 2.20. The van der Waals surface area contributed by atoms with Gasteiger partial charge >= 0.3 is 5.97 Å². The van der Waals surface area contributed by atoms with Gasteiger partial charge in [0.05, 0.1) is 11.4 Å². The molecule has 0 aliphatic rings. The predicted octanol–water partition coefficient (Wildman–Crippen LogP) is 2.48. The van der Waals surface area contributed by atoms with Gasteiger partial charge in [-0.05, 0) is 25.8 Å². The third-order valence-corrected chi connectivity index (χ3v) is 3.60. The molecule has 2 heterocycles. The van der Waals surface area contributed by atoms with Crippen LogP contribution in [0.2, 0.25) is 0 Å². The minimum atomic E-state index is -0.803. The van der Waals surface area contributed by atoms with Gasteiger partial charge in [-0.1, -0.05) is 6.92 Å². The lowest BCUT2D eigenvalue weighted by atomic mass is 9.99. The number of hydrogen-bond donors (Lipinski definition) is 1. The van der Waals surface area contributed by atoms with Crippen molar-refractivity contribution in [3.8, 4) is 11.5 Å². The molecule has 19 heavy (non-hydrogen) atoms. The van der Waals surface area contributed by atoms with Gasteiger partial charge in [-0.3, -0.25) is 4.79 Å². The normalized spacial score (nSPS) is 12.4. The van der Waals surface area contributed by atoms with E-state index in [9.17, 15) is 4.79 Å². The summed E-state index contributed by atoms with van der Waals surface area (Å²) < 4.78 is 0. The quantitative estimate of drug-likeness (QED) is 0.929. The molecule has 2 rings (SSSR count). The van der Waals surface area contributed by atoms with Crippen molar-refractivity contribution in [3.05, 3.63) is 27.8 Å². The van der Waals surface area contributed by atoms with Crippen molar-refractivity contribution in [1.29, 1.82) is 0 Å². The van der Waals surface area contributed by atoms with Crippen molar-refractivity contribution in [1.82, 2.24) is 15.0 Å². The summed E-state index contributed by atoms with van der Waals surface area (Å²) in [5.74, 6) is -0.642. The molecule has 0 aromatic carbocycles. The molecule has 0 aliphatic carbocycles. The maximum Gasteiger partial charge on any atom is 0.306 e. The lowest BCUT2D eigenvalue weighted by molar-refractivity contribution is -0.141. The zero-order valence-corrected chi connectivity index (χ0v) is 11.9. The van der Waals surface area contributed by atoms with Gasteiger partial charge in [0.15, 0.2) is 5.82 Å². The van der Waals surface area contributed by atoms with Crippen LogP contribution in [0.4, 0.5) is 0 Å². The Bertz CT molecular complexity index is 573. The van der Waals surface area contributed by atoms with Crippen LogP contribution in [0.1, 0.15) is 23.9 Å². The Morgan fingerprint density at radius 2 is 2.00 bits per heavy atom. The highest BCUT2D eigenvalue weighted by atomic mass is 32.1. The number of aryl methyl sites for hydroxylation is 2. The Kier molecular flexibility index (Phi) is 3.90. The second-order valence-electron chi connectivity index (χ2n) is 4.51. The van der Waals surface area contributed by atoms with Crippen LogP contribution in [0, 0.1) is 19.8 Å². The zero-order valence-electron chi connectivity index (χ0n) is 11.0. The Hall–Kier alpha value is -1.82. The fourth-order valence-corrected chi connectivity index (χ4v) is 2.40. The van der Waals surface area contributed by atoms with Crippen molar-refractivity contribution in [2.24, 2.45) is 5.92 Å². The Morgan fingerprint density at radius 3 is 2.47 bits per heavy atom. The largest absolute Gasteiger partial charge is 0.481 e. The summed E-state index contributed by atoms with van der Waals surface area (Å²) in [6.45, 7) is 5.46. The molecule has 1 unspecified atom stereocenters. The molecule has 100 valence electrons. The minimum absolute atomic E-state index is 0.439. The average molecular weight is 277 g/mol. The van der Waals surface area contributed by atoms with Crippen LogP contribution in [0.15, 0.2) is 10.9 Å². The number of aromatic nitrogens is 3. The Balaban J connectivity index is 2.35. The highest BCUT2D eigenvalue weighted by Gasteiger charge is 2.17. The van der Waals surface area contributed by atoms with E-state index in [2.05, 4.69) is 15.0 Å². The van der Waals surface area contributed by atoms with Gasteiger partial charge in [-0.15, -0.1) is 11.3 Å². The average Bonchev–Trinajstić information content (AvgIpc) is 2.86. The Morgan fingerprint density at radius 1 is 1.37 bits per heavy atom. The van der Waals surface area contributed by atoms with Crippen molar-refractivity contribution >= 4 is 17.3 Å². The zero-order chi connectivity index (χ0) is 14.0. The van der Waals surface area contributed by atoms with E-state index in [1.807, 2.05) is 19.2 Å². The molecule has 1 N–H and O–H groups in total. The fourth-order valence-electron chi connectivity index (χ4n) is 1.87. The monoisotopic (exact) mass is 277 g/mol. The second kappa shape index (κ2) is 5.44. The van der Waals surface area contributed by atoms with Crippen molar-refractivity contribution in [2.45, 2.75) is 27.2 Å². The molecule has 0 fully saturated rings. The number of hydrogen-bond acceptors (Lipinski definition) is 5. The number of carboxylic acids is 1. The van der Waals surface area contributed by atoms with Gasteiger partial charge in [-0.2, -0.15) is 0 Å². The lowest BCUT2D eigenvalue weighted by Crippen LogP contribution is -2.15. The third-order valence-electron chi connectivity index (χ3n) is 3.01. The first kappa shape index (κ1) is 13.6. The second-order valence-corrected chi connectivity index (χ2v) is 5.23. The number of rotatable bonds is 4. The molecular weight excluding hydrogens is 262 g/mol. The minimum Gasteiger partial charge on any atom is -0.481 e. The first-order chi connectivity index (χ1) is 8.99. The molecule has 2 aromatic heterocycles. The number of aliphatic carboxylic acids is 1. The van der Waals surface area contributed by atoms with E-state index in [4.69, 9.17) is 5.11 Å². The van der Waals surface area contributed by atoms with E-state index in [0.717, 1.165) is 22.6 Å². The highest BCUT2D eigenvalue weighted by molar-refractivity contribution is 7.07. The van der Waals surface area contributed by atoms with Crippen LogP contribution in [0.3, 0.4) is 0 Å². The van der Waals surface area contributed by atoms with E-state index in [0.29, 0.717) is 12.2 Å². The summed E-state index contributed by atoms with van der Waals surface area (Å²) in [5.41, 5.74) is 5.05. The van der Waals surface area contributed by atoms with E-state index in [1.54, 1.807) is 12.4 Å². The standard InChI is InChI=1S/C13H15N3O2S/c1-7(13(17)18)4-10-8(2)15-12(16-9(10)3)11-5-19-6-14-11/h5-7H,4H2,1-3H3,(H,17,18). The van der Waals surface area contributed by atoms with Gasteiger partial charge in [0.1, 0.15) is 5.69 Å². The van der Waals surface area contributed by atoms with Gasteiger partial charge in [0, 0.05) is 16.8 Å². The first-order valence-corrected chi connectivity index (χ1v) is 6.88. The molecule has 0 saturated heterocycles. The maximum absolute atomic E-state index is 10.9. The van der Waals surface area contributed by atoms with Gasteiger partial charge < -0.3 is 5.11 Å². The molecular formula is C13H15N3O2S. The van der Waals surface area contributed by atoms with Crippen LogP contribution in [-0.4, -0.2) is 26.0 Å². The van der Waals surface area contributed by atoms with Crippen LogP contribution in [0.25, 0.3) is 11.5 Å². The lowest BCUT2D eigenvalue weighted by Gasteiger charge is -2.12. The smallest absolute Gasteiger partial charge is 0.306 e. The van der Waals surface area contributed by atoms with Crippen molar-refractivity contribution in [3.63, 3.8) is 0 Å². The first-order valence-electron chi connectivity index (χ1n) is 5.94. The van der Waals surface area contributed by atoms with E-state index < -0.39 is 11.9 Å². The van der Waals surface area contributed by atoms with Crippen molar-refractivity contribution < 1.29 is 9.90 Å². The number of nitrogens with zero attached hydrogens (tertiary/aromatic N) is 3. The molecule has 5 nitrogen and oxygen atoms in total. The topological polar surface area (TPSA) is 76.0 Å². The molecule has 6 heteroatoms. The maximum atomic E-state index is 10.9. The van der Waals surface area contributed by atoms with Crippen molar-refractivity contribution in [2.75, 3.05) is 0 Å². The molecule has 0 amide bonds. The van der Waals surface area contributed by atoms with Crippen LogP contribution in [-0.2, 0) is 11.2 Å². The van der Waals surface area contributed by atoms with E-state index >= 15 is 0 Å². The number of thiazole rings is 1. The van der Waals surface area contributed by atoms with E-state index in [1.165, 1.54) is 11.3 Å². The summed E-state index contributed by atoms with van der Waals surface area (Å²) in [5, 5.41) is 10.9. The van der Waals surface area contributed by atoms with Gasteiger partial charge in [0.25, 0.3) is 0 Å². The molecule has 0 bridgehead atoms. The summed E-state index contributed by atoms with van der Waals surface area (Å²) >= 11 is 1.50. The molecule has 1 atom stereocenters. The van der Waals surface area contributed by atoms with Crippen LogP contribution >= 0.6 is 11.3 Å². The predicted molar refractivity (Wildman–Crippen MR) is 73.1 cm³/mol. The number of carboxylic acid groups (broad SMARTS) is 1. The molecule has 0 saturated carbocycles. The van der Waals surface area contributed by atoms with Gasteiger partial charge in [-0.25, -0.2) is 15.0 Å². The molecule has 2 aromatic rings. The molecule has 0 radical (unpaired) electrons. The van der Waals surface area contributed by atoms with Gasteiger partial charge in [0.2, 0.25) is 0 Å². The summed E-state index contributed by atoms with van der Waals surface area (Å²) in [4.78, 5) is 24.0. The fraction of sp³-hybridized carbons (Fsp3) is 0.385. The number of carbonyl (C=O) groups is 1. The van der Waals surface area contributed by atoms with Crippen LogP contribution < -0.4 is 0 Å². The summed E-state index contributed by atoms with van der Waals surface area (Å²) in [7, 11) is 0. The third kappa shape index (κ3) is 2.96. The van der Waals surface area contributed by atoms with Crippen LogP contribution in [0.5, 0.6) is 0 Å². The van der Waals surface area contributed by atoms with E-state index in [-0.39, 0.29) is 0 Å². The summed E-state index contributed by atoms with van der Waals surface area (Å²) in [6.07, 6.45) is 0.449. The molecule has 0 spiro atoms. The summed E-state index contributed by atoms with van der Waals surface area (Å²) in [6, 6.07) is 0. The SMILES string of the molecule is Cc1nc(-c2cscn2)nc(C)c1CC(C)C(=O)O.